The molecule has 0 amide bonds. The van der Waals surface area contributed by atoms with Gasteiger partial charge in [0.1, 0.15) is 0 Å². The Kier molecular flexibility index (Phi) is 16.0. The van der Waals surface area contributed by atoms with Gasteiger partial charge in [-0.15, -0.1) is 12.4 Å². The van der Waals surface area contributed by atoms with Gasteiger partial charge in [-0.25, -0.2) is 9.59 Å². The summed E-state index contributed by atoms with van der Waals surface area (Å²) in [6.45, 7) is 2.82. The van der Waals surface area contributed by atoms with Gasteiger partial charge in [-0.2, -0.15) is 0 Å². The van der Waals surface area contributed by atoms with Gasteiger partial charge in [0.2, 0.25) is 0 Å². The van der Waals surface area contributed by atoms with Crippen LogP contribution in [0.25, 0.3) is 0 Å². The molecule has 0 rings (SSSR count). The summed E-state index contributed by atoms with van der Waals surface area (Å²) in [6, 6.07) is 0. The van der Waals surface area contributed by atoms with Crippen molar-refractivity contribution < 1.29 is 24.5 Å². The zero-order chi connectivity index (χ0) is 14.6. The molecule has 0 fully saturated rings. The van der Waals surface area contributed by atoms with Crippen LogP contribution in [0.2, 0.25) is 0 Å². The number of unbranched alkanes of at least 4 members (excludes halogenated alkanes) is 1. The average molecular weight is 300 g/mol. The van der Waals surface area contributed by atoms with Crippen LogP contribution in [0.3, 0.4) is 0 Å². The summed E-state index contributed by atoms with van der Waals surface area (Å²) >= 11 is 0. The van der Waals surface area contributed by atoms with Crippen molar-refractivity contribution >= 4 is 36.6 Å². The van der Waals surface area contributed by atoms with Gasteiger partial charge in [0.15, 0.2) is 11.9 Å². The Morgan fingerprint density at radius 3 is 2.00 bits per heavy atom. The molecular formula is C8H18ClN5O5. The molecule has 0 bridgehead atoms. The minimum Gasteiger partial charge on any atom is -0.449 e. The standard InChI is InChI=1S/C6H15N5.C2H2O5.ClH/c1-2-3-4-10-6(9)11-5(7)8;3-1(4)7-2(5)6;/h2-4H2,1H3,(H6,7,8,9,10,11);(H,3,4)(H,5,6);1H. The fourth-order valence-electron chi connectivity index (χ4n) is 0.644. The number of halogens is 1. The molecule has 0 radical (unpaired) electrons. The fourth-order valence-corrected chi connectivity index (χ4v) is 0.644. The molecule has 0 atom stereocenters. The monoisotopic (exact) mass is 299 g/mol. The van der Waals surface area contributed by atoms with E-state index in [0.29, 0.717) is 0 Å². The lowest BCUT2D eigenvalue weighted by atomic mass is 10.3. The molecule has 11 heteroatoms. The van der Waals surface area contributed by atoms with Gasteiger partial charge >= 0.3 is 12.3 Å². The number of guanidine groups is 2. The van der Waals surface area contributed by atoms with Crippen molar-refractivity contribution in [2.24, 2.45) is 5.73 Å². The smallest absolute Gasteiger partial charge is 0.449 e. The van der Waals surface area contributed by atoms with Crippen molar-refractivity contribution in [3.8, 4) is 0 Å². The first-order valence-corrected chi connectivity index (χ1v) is 4.86. The highest BCUT2D eigenvalue weighted by atomic mass is 35.5. The lowest BCUT2D eigenvalue weighted by Gasteiger charge is -2.06. The molecule has 0 aliphatic carbocycles. The van der Waals surface area contributed by atoms with Crippen LogP contribution in [-0.4, -0.2) is 41.0 Å². The Balaban J connectivity index is -0.000000280. The largest absolute Gasteiger partial charge is 0.516 e. The Labute approximate surface area is 115 Å². The number of nitrogens with two attached hydrogens (primary N) is 1. The van der Waals surface area contributed by atoms with E-state index in [0.717, 1.165) is 19.4 Å². The summed E-state index contributed by atoms with van der Waals surface area (Å²) in [5.74, 6) is -0.120. The third-order valence-electron chi connectivity index (χ3n) is 1.27. The van der Waals surface area contributed by atoms with Gasteiger partial charge < -0.3 is 26.0 Å². The van der Waals surface area contributed by atoms with E-state index < -0.39 is 12.3 Å². The van der Waals surface area contributed by atoms with Crippen molar-refractivity contribution in [2.45, 2.75) is 19.8 Å². The molecule has 0 aromatic rings. The Hall–Kier alpha value is -2.23. The third kappa shape index (κ3) is 25.8. The molecule has 0 aromatic heterocycles. The molecule has 0 unspecified atom stereocenters. The molecule has 0 aromatic carbocycles. The molecule has 0 aliphatic rings. The van der Waals surface area contributed by atoms with Crippen molar-refractivity contribution in [2.75, 3.05) is 6.54 Å². The number of hydrogen-bond acceptors (Lipinski definition) is 5. The SMILES string of the molecule is CCCCNC(=N)NC(=N)N.Cl.O=C(O)OC(=O)O. The Morgan fingerprint density at radius 1 is 1.26 bits per heavy atom. The zero-order valence-electron chi connectivity index (χ0n) is 10.2. The highest BCUT2D eigenvalue weighted by molar-refractivity contribution is 5.94. The van der Waals surface area contributed by atoms with Crippen LogP contribution in [0.15, 0.2) is 0 Å². The number of hydrogen-bond donors (Lipinski definition) is 7. The molecule has 0 saturated heterocycles. The second kappa shape index (κ2) is 13.8. The zero-order valence-corrected chi connectivity index (χ0v) is 11.0. The van der Waals surface area contributed by atoms with Crippen molar-refractivity contribution in [3.05, 3.63) is 0 Å². The molecule has 0 aliphatic heterocycles. The lowest BCUT2D eigenvalue weighted by molar-refractivity contribution is 0.0802. The van der Waals surface area contributed by atoms with Crippen molar-refractivity contribution in [1.82, 2.24) is 10.6 Å². The van der Waals surface area contributed by atoms with Crippen LogP contribution < -0.4 is 16.4 Å². The second-order valence-corrected chi connectivity index (χ2v) is 2.83. The predicted molar refractivity (Wildman–Crippen MR) is 70.1 cm³/mol. The summed E-state index contributed by atoms with van der Waals surface area (Å²) in [7, 11) is 0. The van der Waals surface area contributed by atoms with E-state index in [1.54, 1.807) is 0 Å². The van der Waals surface area contributed by atoms with Gasteiger partial charge in [-0.05, 0) is 6.42 Å². The fraction of sp³-hybridized carbons (Fsp3) is 0.500. The van der Waals surface area contributed by atoms with Crippen LogP contribution in [0, 0.1) is 10.8 Å². The summed E-state index contributed by atoms with van der Waals surface area (Å²) in [4.78, 5) is 18.4. The predicted octanol–water partition coefficient (Wildman–Crippen LogP) is 0.575. The van der Waals surface area contributed by atoms with Crippen molar-refractivity contribution in [3.63, 3.8) is 0 Å². The van der Waals surface area contributed by atoms with Gasteiger partial charge in [0.05, 0.1) is 0 Å². The number of carboxylic acid groups (broad SMARTS) is 2. The number of nitrogens with one attached hydrogen (secondary N) is 4. The first kappa shape index (κ1) is 22.0. The second-order valence-electron chi connectivity index (χ2n) is 2.83. The molecule has 10 nitrogen and oxygen atoms in total. The topological polar surface area (TPSA) is 182 Å². The summed E-state index contributed by atoms with van der Waals surface area (Å²) in [5, 5.41) is 34.0. The molecular weight excluding hydrogens is 282 g/mol. The van der Waals surface area contributed by atoms with Crippen LogP contribution in [0.5, 0.6) is 0 Å². The van der Waals surface area contributed by atoms with E-state index in [4.69, 9.17) is 26.8 Å². The van der Waals surface area contributed by atoms with E-state index in [-0.39, 0.29) is 24.3 Å². The lowest BCUT2D eigenvalue weighted by Crippen LogP contribution is -2.43. The minimum absolute atomic E-state index is 0. The van der Waals surface area contributed by atoms with E-state index in [1.807, 2.05) is 0 Å². The van der Waals surface area contributed by atoms with Crippen molar-refractivity contribution in [1.29, 1.82) is 10.8 Å². The molecule has 19 heavy (non-hydrogen) atoms. The van der Waals surface area contributed by atoms with Gasteiger partial charge in [-0.1, -0.05) is 13.3 Å². The van der Waals surface area contributed by atoms with Crippen LogP contribution >= 0.6 is 12.4 Å². The van der Waals surface area contributed by atoms with E-state index >= 15 is 0 Å². The van der Waals surface area contributed by atoms with Crippen LogP contribution in [0.1, 0.15) is 19.8 Å². The molecule has 8 N–H and O–H groups in total. The van der Waals surface area contributed by atoms with Gasteiger partial charge in [0.25, 0.3) is 0 Å². The highest BCUT2D eigenvalue weighted by Gasteiger charge is 2.01. The summed E-state index contributed by atoms with van der Waals surface area (Å²) in [5.41, 5.74) is 4.99. The third-order valence-corrected chi connectivity index (χ3v) is 1.27. The number of ether oxygens (including phenoxy) is 1. The first-order valence-electron chi connectivity index (χ1n) is 4.86. The normalized spacial score (nSPS) is 7.84. The average Bonchev–Trinajstić information content (AvgIpc) is 2.15. The molecule has 0 spiro atoms. The van der Waals surface area contributed by atoms with E-state index in [2.05, 4.69) is 22.3 Å². The number of carbonyl (C=O) groups is 2. The Morgan fingerprint density at radius 2 is 1.74 bits per heavy atom. The number of rotatable bonds is 3. The maximum Gasteiger partial charge on any atom is 0.516 e. The molecule has 0 saturated carbocycles. The van der Waals surface area contributed by atoms with Crippen LogP contribution in [-0.2, 0) is 4.74 Å². The maximum atomic E-state index is 9.21. The minimum atomic E-state index is -1.81. The van der Waals surface area contributed by atoms with Gasteiger partial charge in [-0.3, -0.25) is 16.1 Å². The van der Waals surface area contributed by atoms with Crippen LogP contribution in [0.4, 0.5) is 9.59 Å². The van der Waals surface area contributed by atoms with E-state index in [1.165, 1.54) is 0 Å². The summed E-state index contributed by atoms with van der Waals surface area (Å²) < 4.78 is 3.08. The quantitative estimate of drug-likeness (QED) is 0.130. The van der Waals surface area contributed by atoms with Gasteiger partial charge in [0, 0.05) is 6.54 Å². The highest BCUT2D eigenvalue weighted by Crippen LogP contribution is 1.80. The Bertz CT molecular complexity index is 300. The molecule has 0 heterocycles. The maximum absolute atomic E-state index is 9.21. The summed E-state index contributed by atoms with van der Waals surface area (Å²) in [6.07, 6.45) is -1.53. The van der Waals surface area contributed by atoms with E-state index in [9.17, 15) is 9.59 Å². The molecule has 112 valence electrons. The first-order chi connectivity index (χ1) is 8.29.